The Balaban J connectivity index is 7.17. The second-order valence-corrected chi connectivity index (χ2v) is 9.44. The zero-order chi connectivity index (χ0) is 39.2. The fourth-order valence-corrected chi connectivity index (χ4v) is 2.78. The van der Waals surface area contributed by atoms with Crippen LogP contribution in [0.4, 0.5) is 101 Å². The second-order valence-electron chi connectivity index (χ2n) is 9.44. The van der Waals surface area contributed by atoms with E-state index in [-0.39, 0.29) is 17.6 Å². The van der Waals surface area contributed by atoms with E-state index in [9.17, 15) is 106 Å². The summed E-state index contributed by atoms with van der Waals surface area (Å²) in [7, 11) is 1.30. The number of quaternary nitrogens is 1. The van der Waals surface area contributed by atoms with E-state index in [0.717, 1.165) is 10.1 Å². The smallest absolute Gasteiger partial charge is 0.345 e. The Morgan fingerprint density at radius 3 is 1.15 bits per heavy atom. The Morgan fingerprint density at radius 2 is 0.854 bits per heavy atom. The zero-order valence-electron chi connectivity index (χ0n) is 23.1. The topological polar surface area (TPSA) is 56.8 Å². The largest absolute Gasteiger partial charge is 0.462 e. The molecule has 0 fully saturated rings. The molecule has 288 valence electrons. The van der Waals surface area contributed by atoms with Crippen LogP contribution in [0.2, 0.25) is 0 Å². The lowest BCUT2D eigenvalue weighted by molar-refractivity contribution is -0.904. The molecule has 0 aromatic rings. The number of hydrogen-bond acceptors (Lipinski definition) is 4. The third kappa shape index (κ3) is 8.35. The van der Waals surface area contributed by atoms with E-state index in [4.69, 9.17) is 0 Å². The van der Waals surface area contributed by atoms with Crippen molar-refractivity contribution in [2.45, 2.75) is 80.4 Å². The lowest BCUT2D eigenvalue weighted by atomic mass is 10.2. The summed E-state index contributed by atoms with van der Waals surface area (Å²) in [6.45, 7) is 1.24. The van der Waals surface area contributed by atoms with E-state index in [1.54, 1.807) is 0 Å². The van der Waals surface area contributed by atoms with Gasteiger partial charge in [0, 0.05) is 0 Å². The lowest BCUT2D eigenvalue weighted by Crippen LogP contribution is -2.71. The van der Waals surface area contributed by atoms with E-state index in [2.05, 4.69) is 0 Å². The molecule has 6 nitrogen and oxygen atoms in total. The number of nitrogens with one attached hydrogen (secondary N) is 1. The normalized spacial score (nSPS) is 19.0. The Labute approximate surface area is 250 Å². The van der Waals surface area contributed by atoms with Crippen molar-refractivity contribution in [2.24, 2.45) is 0 Å². The van der Waals surface area contributed by atoms with Gasteiger partial charge >= 0.3 is 66.5 Å². The quantitative estimate of drug-likeness (QED) is 0.140. The summed E-state index contributed by atoms with van der Waals surface area (Å²) in [6, 6.07) is 0. The van der Waals surface area contributed by atoms with Gasteiger partial charge in [0.05, 0.1) is 33.2 Å². The summed E-state index contributed by atoms with van der Waals surface area (Å²) in [5.74, 6) is -36.1. The van der Waals surface area contributed by atoms with Gasteiger partial charge in [-0.05, 0) is 13.8 Å². The van der Waals surface area contributed by atoms with Gasteiger partial charge in [-0.1, -0.05) is 0 Å². The van der Waals surface area contributed by atoms with E-state index in [1.807, 2.05) is 4.74 Å². The number of nitrogens with zero attached hydrogens (tertiary/aromatic N) is 1. The standard InChI is InChI=1S/C19H17F23N2O4/c1-4-44(3,5-2)7-6-43-8(45)9(20,13(25,26)27)46-18(39,40)11(23,15(31,32)33)48-19(41,42)12(24,16(34,35)36)47-17(37,38)10(21,22)14(28,29)30/h4-7H2,1-3H3/p+1. The van der Waals surface area contributed by atoms with Crippen molar-refractivity contribution in [3.63, 3.8) is 0 Å². The molecule has 1 N–H and O–H groups in total. The number of amides is 1. The van der Waals surface area contributed by atoms with E-state index >= 15 is 0 Å². The molecule has 0 aliphatic heterocycles. The summed E-state index contributed by atoms with van der Waals surface area (Å²) in [4.78, 5) is 11.8. The summed E-state index contributed by atoms with van der Waals surface area (Å²) in [6.07, 6.45) is -57.5. The Hall–Kier alpha value is -2.30. The number of likely N-dealkylation sites (N-methyl/N-ethyl adjacent to an activating group) is 1. The molecular formula is C19H18F23N2O4+. The summed E-state index contributed by atoms with van der Waals surface area (Å²) < 4.78 is 311. The summed E-state index contributed by atoms with van der Waals surface area (Å²) >= 11 is 0. The van der Waals surface area contributed by atoms with Crippen LogP contribution in [0, 0.1) is 0 Å². The molecule has 3 atom stereocenters. The van der Waals surface area contributed by atoms with Gasteiger partial charge in [0.1, 0.15) is 0 Å². The Bertz CT molecular complexity index is 1110. The van der Waals surface area contributed by atoms with Gasteiger partial charge < -0.3 is 9.80 Å². The number of carbonyl (C=O) groups is 1. The fourth-order valence-electron chi connectivity index (χ4n) is 2.78. The van der Waals surface area contributed by atoms with E-state index in [1.165, 1.54) is 25.6 Å². The predicted octanol–water partition coefficient (Wildman–Crippen LogP) is 7.30. The molecule has 0 rings (SSSR count). The molecule has 0 aromatic heterocycles. The van der Waals surface area contributed by atoms with Gasteiger partial charge in [-0.2, -0.15) is 101 Å². The Morgan fingerprint density at radius 1 is 0.521 bits per heavy atom. The molecule has 1 amide bonds. The average molecular weight is 775 g/mol. The fraction of sp³-hybridized carbons (Fsp3) is 0.947. The van der Waals surface area contributed by atoms with Crippen molar-refractivity contribution in [1.29, 1.82) is 0 Å². The molecule has 0 saturated carbocycles. The Kier molecular flexibility index (Phi) is 12.5. The van der Waals surface area contributed by atoms with Crippen LogP contribution in [0.3, 0.4) is 0 Å². The SMILES string of the molecule is CC[N+](C)(CC)CCNC(=O)C(F)(OC(F)(F)C(F)(OC(F)(F)C(F)(OC(F)(F)C(F)(F)C(F)(F)F)C(F)(F)F)C(F)(F)F)C(F)(F)F. The highest BCUT2D eigenvalue weighted by atomic mass is 19.4. The molecule has 0 aromatic carbocycles. The highest BCUT2D eigenvalue weighted by molar-refractivity contribution is 5.84. The van der Waals surface area contributed by atoms with Crippen LogP contribution in [-0.4, -0.2) is 110 Å². The molecule has 48 heavy (non-hydrogen) atoms. The van der Waals surface area contributed by atoms with Crippen LogP contribution >= 0.6 is 0 Å². The highest BCUT2D eigenvalue weighted by Gasteiger charge is 2.88. The van der Waals surface area contributed by atoms with E-state index < -0.39 is 85.5 Å². The third-order valence-corrected chi connectivity index (χ3v) is 6.13. The number of hydrogen-bond donors (Lipinski definition) is 1. The van der Waals surface area contributed by atoms with Crippen molar-refractivity contribution >= 4 is 5.91 Å². The molecule has 0 saturated heterocycles. The van der Waals surface area contributed by atoms with Crippen LogP contribution in [-0.2, 0) is 19.0 Å². The molecule has 29 heteroatoms. The van der Waals surface area contributed by atoms with Crippen LogP contribution in [0.5, 0.6) is 0 Å². The van der Waals surface area contributed by atoms with Crippen LogP contribution in [0.25, 0.3) is 0 Å². The maximum absolute atomic E-state index is 14.6. The first kappa shape index (κ1) is 45.7. The van der Waals surface area contributed by atoms with Gasteiger partial charge in [-0.15, -0.1) is 0 Å². The van der Waals surface area contributed by atoms with E-state index in [0.29, 0.717) is 0 Å². The first-order valence-corrected chi connectivity index (χ1v) is 11.7. The first-order chi connectivity index (χ1) is 20.6. The molecule has 0 bridgehead atoms. The van der Waals surface area contributed by atoms with Crippen molar-refractivity contribution in [3.05, 3.63) is 0 Å². The average Bonchev–Trinajstić information content (AvgIpc) is 2.84. The lowest BCUT2D eigenvalue weighted by Gasteiger charge is -2.42. The minimum atomic E-state index is -8.74. The molecule has 0 aliphatic carbocycles. The van der Waals surface area contributed by atoms with Crippen molar-refractivity contribution in [1.82, 2.24) is 5.32 Å². The minimum Gasteiger partial charge on any atom is -0.345 e. The molecule has 0 aliphatic rings. The second kappa shape index (κ2) is 13.1. The van der Waals surface area contributed by atoms with Crippen LogP contribution in [0.1, 0.15) is 13.8 Å². The minimum absolute atomic E-state index is 0.0833. The van der Waals surface area contributed by atoms with Crippen molar-refractivity contribution < 1.29 is 124 Å². The van der Waals surface area contributed by atoms with Gasteiger partial charge in [0.25, 0.3) is 5.91 Å². The summed E-state index contributed by atoms with van der Waals surface area (Å²) in [5.41, 5.74) is 0. The third-order valence-electron chi connectivity index (χ3n) is 6.13. The van der Waals surface area contributed by atoms with Gasteiger partial charge in [0.2, 0.25) is 0 Å². The maximum atomic E-state index is 14.6. The van der Waals surface area contributed by atoms with Crippen LogP contribution < -0.4 is 5.32 Å². The van der Waals surface area contributed by atoms with Gasteiger partial charge in [0.15, 0.2) is 0 Å². The predicted molar refractivity (Wildman–Crippen MR) is 104 cm³/mol. The highest BCUT2D eigenvalue weighted by Crippen LogP contribution is 2.59. The van der Waals surface area contributed by atoms with Crippen LogP contribution in [0.15, 0.2) is 0 Å². The molecular weight excluding hydrogens is 757 g/mol. The molecule has 0 radical (unpaired) electrons. The first-order valence-electron chi connectivity index (χ1n) is 11.7. The number of ether oxygens (including phenoxy) is 3. The number of rotatable bonds is 15. The number of halogens is 23. The number of alkyl halides is 23. The van der Waals surface area contributed by atoms with Gasteiger partial charge in [-0.25, -0.2) is 0 Å². The van der Waals surface area contributed by atoms with Crippen molar-refractivity contribution in [2.75, 3.05) is 33.2 Å². The zero-order valence-corrected chi connectivity index (χ0v) is 23.1. The molecule has 3 unspecified atom stereocenters. The van der Waals surface area contributed by atoms with Gasteiger partial charge in [-0.3, -0.25) is 19.0 Å². The van der Waals surface area contributed by atoms with Crippen molar-refractivity contribution in [3.8, 4) is 0 Å². The monoisotopic (exact) mass is 775 g/mol. The molecule has 0 heterocycles. The summed E-state index contributed by atoms with van der Waals surface area (Å²) in [5, 5.41) is 0.836. The number of carbonyl (C=O) groups excluding carboxylic acids is 1. The maximum Gasteiger partial charge on any atom is 0.462 e. The molecule has 0 spiro atoms.